The molecule has 0 saturated heterocycles. The van der Waals surface area contributed by atoms with Crippen molar-refractivity contribution in [3.8, 4) is 0 Å². The van der Waals surface area contributed by atoms with E-state index in [-0.39, 0.29) is 16.3 Å². The summed E-state index contributed by atoms with van der Waals surface area (Å²) in [4.78, 5) is 15.1. The van der Waals surface area contributed by atoms with Gasteiger partial charge in [-0.15, -0.1) is 0 Å². The molecule has 0 spiro atoms. The Morgan fingerprint density at radius 3 is 2.40 bits per heavy atom. The summed E-state index contributed by atoms with van der Waals surface area (Å²) in [6.45, 7) is 0. The number of aromatic carboxylic acids is 1. The number of anilines is 1. The Labute approximate surface area is 116 Å². The van der Waals surface area contributed by atoms with Crippen molar-refractivity contribution < 1.29 is 18.3 Å². The fourth-order valence-corrected chi connectivity index (χ4v) is 2.87. The number of aromatic nitrogens is 1. The van der Waals surface area contributed by atoms with Crippen LogP contribution in [0.25, 0.3) is 0 Å². The number of pyridine rings is 1. The molecule has 2 aromatic rings. The maximum absolute atomic E-state index is 12.4. The highest BCUT2D eigenvalue weighted by Crippen LogP contribution is 2.23. The van der Waals surface area contributed by atoms with Crippen molar-refractivity contribution in [1.82, 2.24) is 4.98 Å². The molecule has 0 saturated carbocycles. The average molecular weight is 292 g/mol. The molecule has 1 heterocycles. The third kappa shape index (κ3) is 2.48. The monoisotopic (exact) mass is 292 g/mol. The molecule has 0 aliphatic rings. The maximum atomic E-state index is 12.4. The second kappa shape index (κ2) is 5.30. The molecule has 1 aromatic carbocycles. The molecular weight excluding hydrogens is 280 g/mol. The summed E-state index contributed by atoms with van der Waals surface area (Å²) >= 11 is 0. The summed E-state index contributed by atoms with van der Waals surface area (Å²) in [5.74, 6) is -1.35. The molecule has 20 heavy (non-hydrogen) atoms. The molecule has 0 aliphatic carbocycles. The minimum Gasteiger partial charge on any atom is -0.478 e. The van der Waals surface area contributed by atoms with Crippen molar-refractivity contribution in [3.05, 3.63) is 54.2 Å². The highest BCUT2D eigenvalue weighted by Gasteiger charge is 2.25. The standard InChI is InChI=1S/C13H12N2O4S/c1-15(12-11(13(16)17)8-5-9-14-12)20(18,19)10-6-3-2-4-7-10/h2-9H,1H3,(H,16,17). The Morgan fingerprint density at radius 1 is 1.15 bits per heavy atom. The molecule has 0 radical (unpaired) electrons. The Bertz CT molecular complexity index is 729. The molecule has 1 N–H and O–H groups in total. The molecule has 0 amide bonds. The van der Waals surface area contributed by atoms with Crippen LogP contribution >= 0.6 is 0 Å². The van der Waals surface area contributed by atoms with Crippen LogP contribution in [0.4, 0.5) is 5.82 Å². The summed E-state index contributed by atoms with van der Waals surface area (Å²) in [5, 5.41) is 9.09. The number of benzene rings is 1. The van der Waals surface area contributed by atoms with Gasteiger partial charge >= 0.3 is 5.97 Å². The molecule has 7 heteroatoms. The van der Waals surface area contributed by atoms with Gasteiger partial charge in [0.15, 0.2) is 5.82 Å². The predicted octanol–water partition coefficient (Wildman–Crippen LogP) is 1.60. The summed E-state index contributed by atoms with van der Waals surface area (Å²) < 4.78 is 25.7. The van der Waals surface area contributed by atoms with Gasteiger partial charge in [-0.05, 0) is 24.3 Å². The molecular formula is C13H12N2O4S. The van der Waals surface area contributed by atoms with Gasteiger partial charge in [0.25, 0.3) is 10.0 Å². The van der Waals surface area contributed by atoms with Gasteiger partial charge in [-0.25, -0.2) is 18.2 Å². The van der Waals surface area contributed by atoms with Crippen LogP contribution in [-0.2, 0) is 10.0 Å². The zero-order valence-corrected chi connectivity index (χ0v) is 11.4. The van der Waals surface area contributed by atoms with E-state index < -0.39 is 16.0 Å². The minimum absolute atomic E-state index is 0.0736. The van der Waals surface area contributed by atoms with Gasteiger partial charge in [0.05, 0.1) is 4.90 Å². The van der Waals surface area contributed by atoms with E-state index in [1.807, 2.05) is 0 Å². The lowest BCUT2D eigenvalue weighted by Crippen LogP contribution is -2.29. The quantitative estimate of drug-likeness (QED) is 0.925. The van der Waals surface area contributed by atoms with E-state index >= 15 is 0 Å². The van der Waals surface area contributed by atoms with Crippen molar-refractivity contribution in [1.29, 1.82) is 0 Å². The minimum atomic E-state index is -3.84. The Morgan fingerprint density at radius 2 is 1.80 bits per heavy atom. The second-order valence-electron chi connectivity index (χ2n) is 3.97. The van der Waals surface area contributed by atoms with Gasteiger partial charge < -0.3 is 5.11 Å². The molecule has 0 bridgehead atoms. The Hall–Kier alpha value is -2.41. The number of carboxylic acid groups (broad SMARTS) is 1. The van der Waals surface area contributed by atoms with Gasteiger partial charge in [-0.3, -0.25) is 4.31 Å². The molecule has 6 nitrogen and oxygen atoms in total. The number of rotatable bonds is 4. The van der Waals surface area contributed by atoms with Gasteiger partial charge in [0.1, 0.15) is 5.56 Å². The third-order valence-electron chi connectivity index (χ3n) is 2.72. The first-order chi connectivity index (χ1) is 9.44. The van der Waals surface area contributed by atoms with Crippen LogP contribution in [0.1, 0.15) is 10.4 Å². The summed E-state index contributed by atoms with van der Waals surface area (Å²) in [6.07, 6.45) is 1.35. The lowest BCUT2D eigenvalue weighted by molar-refractivity contribution is 0.0697. The molecule has 104 valence electrons. The van der Waals surface area contributed by atoms with Crippen LogP contribution in [0, 0.1) is 0 Å². The highest BCUT2D eigenvalue weighted by molar-refractivity contribution is 7.92. The summed E-state index contributed by atoms with van der Waals surface area (Å²) in [6, 6.07) is 10.5. The van der Waals surface area contributed by atoms with E-state index in [1.165, 1.54) is 37.5 Å². The van der Waals surface area contributed by atoms with E-state index in [4.69, 9.17) is 5.11 Å². The fourth-order valence-electron chi connectivity index (χ4n) is 1.68. The predicted molar refractivity (Wildman–Crippen MR) is 73.2 cm³/mol. The lowest BCUT2D eigenvalue weighted by atomic mass is 10.2. The van der Waals surface area contributed by atoms with Crippen molar-refractivity contribution in [2.24, 2.45) is 0 Å². The normalized spacial score (nSPS) is 11.1. The van der Waals surface area contributed by atoms with Crippen LogP contribution < -0.4 is 4.31 Å². The number of carboxylic acids is 1. The molecule has 0 atom stereocenters. The van der Waals surface area contributed by atoms with Crippen LogP contribution in [-0.4, -0.2) is 31.5 Å². The first-order valence-corrected chi connectivity index (χ1v) is 7.11. The van der Waals surface area contributed by atoms with E-state index in [9.17, 15) is 13.2 Å². The Kier molecular flexibility index (Phi) is 3.71. The number of sulfonamides is 1. The lowest BCUT2D eigenvalue weighted by Gasteiger charge is -2.19. The number of hydrogen-bond donors (Lipinski definition) is 1. The van der Waals surface area contributed by atoms with Gasteiger partial charge in [-0.1, -0.05) is 18.2 Å². The zero-order chi connectivity index (χ0) is 14.8. The summed E-state index contributed by atoms with van der Waals surface area (Å²) in [5.41, 5.74) is -0.172. The maximum Gasteiger partial charge on any atom is 0.339 e. The highest BCUT2D eigenvalue weighted by atomic mass is 32.2. The van der Waals surface area contributed by atoms with E-state index in [0.717, 1.165) is 4.31 Å². The van der Waals surface area contributed by atoms with Crippen molar-refractivity contribution >= 4 is 21.8 Å². The molecule has 0 aliphatic heterocycles. The van der Waals surface area contributed by atoms with Crippen LogP contribution in [0.15, 0.2) is 53.6 Å². The number of hydrogen-bond acceptors (Lipinski definition) is 4. The van der Waals surface area contributed by atoms with Crippen LogP contribution in [0.5, 0.6) is 0 Å². The third-order valence-corrected chi connectivity index (χ3v) is 4.48. The van der Waals surface area contributed by atoms with Gasteiger partial charge in [0.2, 0.25) is 0 Å². The molecule has 1 aromatic heterocycles. The largest absolute Gasteiger partial charge is 0.478 e. The van der Waals surface area contributed by atoms with E-state index in [0.29, 0.717) is 0 Å². The van der Waals surface area contributed by atoms with Gasteiger partial charge in [0, 0.05) is 13.2 Å². The molecule has 0 fully saturated rings. The smallest absolute Gasteiger partial charge is 0.339 e. The van der Waals surface area contributed by atoms with E-state index in [1.54, 1.807) is 18.2 Å². The van der Waals surface area contributed by atoms with Crippen LogP contribution in [0.3, 0.4) is 0 Å². The Balaban J connectivity index is 2.52. The molecule has 0 unspecified atom stereocenters. The SMILES string of the molecule is CN(c1ncccc1C(=O)O)S(=O)(=O)c1ccccc1. The average Bonchev–Trinajstić information content (AvgIpc) is 2.47. The summed E-state index contributed by atoms with van der Waals surface area (Å²) in [7, 11) is -2.57. The van der Waals surface area contributed by atoms with E-state index in [2.05, 4.69) is 4.98 Å². The topological polar surface area (TPSA) is 87.6 Å². The number of nitrogens with zero attached hydrogens (tertiary/aromatic N) is 2. The zero-order valence-electron chi connectivity index (χ0n) is 10.6. The fraction of sp³-hybridized carbons (Fsp3) is 0.0769. The van der Waals surface area contributed by atoms with Crippen molar-refractivity contribution in [3.63, 3.8) is 0 Å². The first-order valence-electron chi connectivity index (χ1n) is 5.67. The van der Waals surface area contributed by atoms with Crippen molar-refractivity contribution in [2.75, 3.05) is 11.4 Å². The van der Waals surface area contributed by atoms with Gasteiger partial charge in [-0.2, -0.15) is 0 Å². The molecule has 2 rings (SSSR count). The number of carbonyl (C=O) groups is 1. The second-order valence-corrected chi connectivity index (χ2v) is 5.93. The van der Waals surface area contributed by atoms with Crippen LogP contribution in [0.2, 0.25) is 0 Å². The van der Waals surface area contributed by atoms with Crippen molar-refractivity contribution in [2.45, 2.75) is 4.90 Å². The first kappa shape index (κ1) is 14.0.